The number of aryl methyl sites for hydroxylation is 1. The number of piperidine rings is 1. The van der Waals surface area contributed by atoms with Crippen LogP contribution in [0.15, 0.2) is 6.20 Å². The van der Waals surface area contributed by atoms with E-state index in [4.69, 9.17) is 0 Å². The van der Waals surface area contributed by atoms with E-state index in [0.717, 1.165) is 24.7 Å². The summed E-state index contributed by atoms with van der Waals surface area (Å²) in [4.78, 5) is 2.59. The third-order valence-corrected chi connectivity index (χ3v) is 3.66. The minimum absolute atomic E-state index is 0.824. The summed E-state index contributed by atoms with van der Waals surface area (Å²) in [6.45, 7) is 8.03. The molecule has 0 aliphatic carbocycles. The maximum absolute atomic E-state index is 4.05. The van der Waals surface area contributed by atoms with Gasteiger partial charge < -0.3 is 10.2 Å². The van der Waals surface area contributed by atoms with Crippen molar-refractivity contribution >= 4 is 0 Å². The largest absolute Gasteiger partial charge is 0.311 e. The minimum Gasteiger partial charge on any atom is -0.311 e. The van der Waals surface area contributed by atoms with E-state index in [1.165, 1.54) is 38.9 Å². The molecule has 5 heteroatoms. The van der Waals surface area contributed by atoms with Crippen LogP contribution in [0.3, 0.4) is 0 Å². The molecule has 0 bridgehead atoms. The molecular weight excluding hydrogens is 226 g/mol. The predicted molar refractivity (Wildman–Crippen MR) is 72.2 cm³/mol. The molecule has 5 nitrogen and oxygen atoms in total. The maximum Gasteiger partial charge on any atom is 0.0964 e. The van der Waals surface area contributed by atoms with Crippen molar-refractivity contribution in [3.8, 4) is 0 Å². The van der Waals surface area contributed by atoms with Crippen molar-refractivity contribution in [1.29, 1.82) is 0 Å². The Labute approximate surface area is 110 Å². The highest BCUT2D eigenvalue weighted by atomic mass is 15.4. The molecule has 0 atom stereocenters. The van der Waals surface area contributed by atoms with Gasteiger partial charge in [0.25, 0.3) is 0 Å². The SMILES string of the molecule is CC1CCN(CCCNCc2cn(C)nn2)CC1. The molecule has 18 heavy (non-hydrogen) atoms. The van der Waals surface area contributed by atoms with Crippen molar-refractivity contribution < 1.29 is 0 Å². The first-order valence-electron chi connectivity index (χ1n) is 7.02. The van der Waals surface area contributed by atoms with Gasteiger partial charge in [0.2, 0.25) is 0 Å². The highest BCUT2D eigenvalue weighted by Gasteiger charge is 2.14. The number of rotatable bonds is 6. The first-order valence-corrected chi connectivity index (χ1v) is 7.02. The first kappa shape index (κ1) is 13.5. The Balaban J connectivity index is 1.51. The van der Waals surface area contributed by atoms with E-state index in [1.54, 1.807) is 4.68 Å². The van der Waals surface area contributed by atoms with Crippen LogP contribution < -0.4 is 5.32 Å². The second-order valence-electron chi connectivity index (χ2n) is 5.44. The molecule has 2 rings (SSSR count). The summed E-state index contributed by atoms with van der Waals surface area (Å²) in [7, 11) is 1.90. The van der Waals surface area contributed by atoms with Gasteiger partial charge in [0.15, 0.2) is 0 Å². The summed E-state index contributed by atoms with van der Waals surface area (Å²) < 4.78 is 1.74. The Hall–Kier alpha value is -0.940. The molecule has 1 N–H and O–H groups in total. The van der Waals surface area contributed by atoms with Gasteiger partial charge >= 0.3 is 0 Å². The zero-order valence-corrected chi connectivity index (χ0v) is 11.6. The molecule has 0 aromatic carbocycles. The van der Waals surface area contributed by atoms with Crippen molar-refractivity contribution in [2.24, 2.45) is 13.0 Å². The molecule has 1 aliphatic rings. The maximum atomic E-state index is 4.05. The number of aromatic nitrogens is 3. The number of hydrogen-bond acceptors (Lipinski definition) is 4. The van der Waals surface area contributed by atoms with Gasteiger partial charge in [-0.15, -0.1) is 5.10 Å². The Bertz CT molecular complexity index is 341. The minimum atomic E-state index is 0.824. The lowest BCUT2D eigenvalue weighted by Crippen LogP contribution is -2.34. The van der Waals surface area contributed by atoms with Gasteiger partial charge in [0.1, 0.15) is 0 Å². The Morgan fingerprint density at radius 2 is 2.17 bits per heavy atom. The van der Waals surface area contributed by atoms with Gasteiger partial charge in [-0.25, -0.2) is 0 Å². The third kappa shape index (κ3) is 4.38. The van der Waals surface area contributed by atoms with E-state index in [9.17, 15) is 0 Å². The average Bonchev–Trinajstić information content (AvgIpc) is 2.77. The summed E-state index contributed by atoms with van der Waals surface area (Å²) in [5.41, 5.74) is 1.02. The molecule has 0 radical (unpaired) electrons. The van der Waals surface area contributed by atoms with Crippen molar-refractivity contribution in [3.05, 3.63) is 11.9 Å². The van der Waals surface area contributed by atoms with Crippen LogP contribution in [0, 0.1) is 5.92 Å². The fourth-order valence-electron chi connectivity index (χ4n) is 2.41. The number of nitrogens with one attached hydrogen (secondary N) is 1. The topological polar surface area (TPSA) is 46.0 Å². The van der Waals surface area contributed by atoms with Crippen molar-refractivity contribution in [3.63, 3.8) is 0 Å². The van der Waals surface area contributed by atoms with Gasteiger partial charge in [-0.05, 0) is 51.4 Å². The molecule has 102 valence electrons. The first-order chi connectivity index (χ1) is 8.74. The van der Waals surface area contributed by atoms with Gasteiger partial charge in [0.05, 0.1) is 5.69 Å². The van der Waals surface area contributed by atoms with Crippen LogP contribution in [-0.4, -0.2) is 46.1 Å². The molecule has 0 saturated carbocycles. The fraction of sp³-hybridized carbons (Fsp3) is 0.846. The number of hydrogen-bond donors (Lipinski definition) is 1. The highest BCUT2D eigenvalue weighted by molar-refractivity contribution is 4.90. The molecule has 1 fully saturated rings. The average molecular weight is 251 g/mol. The van der Waals surface area contributed by atoms with Gasteiger partial charge in [-0.1, -0.05) is 12.1 Å². The zero-order valence-electron chi connectivity index (χ0n) is 11.6. The van der Waals surface area contributed by atoms with E-state index >= 15 is 0 Å². The summed E-state index contributed by atoms with van der Waals surface area (Å²) in [6, 6.07) is 0. The second-order valence-corrected chi connectivity index (χ2v) is 5.44. The summed E-state index contributed by atoms with van der Waals surface area (Å²) >= 11 is 0. The number of nitrogens with zero attached hydrogens (tertiary/aromatic N) is 4. The quantitative estimate of drug-likeness (QED) is 0.767. The van der Waals surface area contributed by atoms with Crippen molar-refractivity contribution in [2.45, 2.75) is 32.7 Å². The zero-order chi connectivity index (χ0) is 12.8. The van der Waals surface area contributed by atoms with E-state index in [-0.39, 0.29) is 0 Å². The predicted octanol–water partition coefficient (Wildman–Crippen LogP) is 1.03. The molecule has 1 saturated heterocycles. The van der Waals surface area contributed by atoms with E-state index in [2.05, 4.69) is 27.5 Å². The monoisotopic (exact) mass is 251 g/mol. The van der Waals surface area contributed by atoms with Gasteiger partial charge in [-0.3, -0.25) is 4.68 Å². The Morgan fingerprint density at radius 3 is 2.83 bits per heavy atom. The van der Waals surface area contributed by atoms with Crippen molar-refractivity contribution in [1.82, 2.24) is 25.2 Å². The van der Waals surface area contributed by atoms with Crippen LogP contribution in [0.25, 0.3) is 0 Å². The van der Waals surface area contributed by atoms with E-state index in [1.807, 2.05) is 13.2 Å². The summed E-state index contributed by atoms with van der Waals surface area (Å²) in [6.07, 6.45) is 5.91. The lowest BCUT2D eigenvalue weighted by molar-refractivity contribution is 0.190. The molecule has 0 spiro atoms. The smallest absolute Gasteiger partial charge is 0.0964 e. The lowest BCUT2D eigenvalue weighted by Gasteiger charge is -2.30. The van der Waals surface area contributed by atoms with Crippen LogP contribution in [-0.2, 0) is 13.6 Å². The van der Waals surface area contributed by atoms with Gasteiger partial charge in [-0.2, -0.15) is 0 Å². The van der Waals surface area contributed by atoms with E-state index < -0.39 is 0 Å². The Kier molecular flexibility index (Phi) is 5.13. The lowest BCUT2D eigenvalue weighted by atomic mass is 9.99. The third-order valence-electron chi connectivity index (χ3n) is 3.66. The molecule has 1 aliphatic heterocycles. The van der Waals surface area contributed by atoms with Crippen LogP contribution in [0.4, 0.5) is 0 Å². The van der Waals surface area contributed by atoms with Gasteiger partial charge in [0, 0.05) is 19.8 Å². The van der Waals surface area contributed by atoms with E-state index in [0.29, 0.717) is 0 Å². The van der Waals surface area contributed by atoms with Crippen LogP contribution >= 0.6 is 0 Å². The van der Waals surface area contributed by atoms with Crippen LogP contribution in [0.5, 0.6) is 0 Å². The molecular formula is C13H25N5. The molecule has 2 heterocycles. The second kappa shape index (κ2) is 6.85. The molecule has 1 aromatic rings. The standard InChI is InChI=1S/C13H25N5/c1-12-4-8-18(9-5-12)7-3-6-14-10-13-11-17(2)16-15-13/h11-12,14H,3-10H2,1-2H3. The summed E-state index contributed by atoms with van der Waals surface area (Å²) in [5, 5.41) is 11.4. The molecule has 0 amide bonds. The van der Waals surface area contributed by atoms with Crippen molar-refractivity contribution in [2.75, 3.05) is 26.2 Å². The number of likely N-dealkylation sites (tertiary alicyclic amines) is 1. The highest BCUT2D eigenvalue weighted by Crippen LogP contribution is 2.15. The molecule has 1 aromatic heterocycles. The summed E-state index contributed by atoms with van der Waals surface area (Å²) in [5.74, 6) is 0.927. The normalized spacial score (nSPS) is 18.3. The van der Waals surface area contributed by atoms with Crippen LogP contribution in [0.2, 0.25) is 0 Å². The fourth-order valence-corrected chi connectivity index (χ4v) is 2.41. The molecule has 0 unspecified atom stereocenters. The van der Waals surface area contributed by atoms with Crippen LogP contribution in [0.1, 0.15) is 31.9 Å². The Morgan fingerprint density at radius 1 is 1.39 bits per heavy atom.